The van der Waals surface area contributed by atoms with Crippen molar-refractivity contribution in [1.29, 1.82) is 0 Å². The molecule has 0 unspecified atom stereocenters. The van der Waals surface area contributed by atoms with Crippen LogP contribution in [0.4, 0.5) is 0 Å². The fourth-order valence-corrected chi connectivity index (χ4v) is 3.61. The highest BCUT2D eigenvalue weighted by atomic mass is 16.2. The topological polar surface area (TPSA) is 73.0 Å². The zero-order chi connectivity index (χ0) is 24.0. The Morgan fingerprint density at radius 2 is 1.09 bits per heavy atom. The summed E-state index contributed by atoms with van der Waals surface area (Å²) in [6, 6.07) is 19.6. The summed E-state index contributed by atoms with van der Waals surface area (Å²) in [7, 11) is 0. The van der Waals surface area contributed by atoms with Crippen LogP contribution in [-0.2, 0) is 14.4 Å². The second kappa shape index (κ2) is 13.7. The van der Waals surface area contributed by atoms with E-state index >= 15 is 0 Å². The molecule has 34 heavy (non-hydrogen) atoms. The lowest BCUT2D eigenvalue weighted by Gasteiger charge is -2.31. The number of hydrogen-bond donors (Lipinski definition) is 1. The lowest BCUT2D eigenvalue weighted by atomic mass is 10.2. The van der Waals surface area contributed by atoms with Crippen molar-refractivity contribution >= 4 is 30.4 Å². The molecule has 2 saturated heterocycles. The summed E-state index contributed by atoms with van der Waals surface area (Å²) in [6.07, 6.45) is 7.76. The van der Waals surface area contributed by atoms with Crippen LogP contribution < -0.4 is 5.32 Å². The van der Waals surface area contributed by atoms with E-state index in [2.05, 4.69) is 5.32 Å². The fourth-order valence-electron chi connectivity index (χ4n) is 3.61. The highest BCUT2D eigenvalue weighted by Crippen LogP contribution is 2.05. The van der Waals surface area contributed by atoms with Gasteiger partial charge in [0.2, 0.25) is 18.2 Å². The molecule has 2 fully saturated rings. The highest BCUT2D eigenvalue weighted by Gasteiger charge is 2.18. The number of piperazine rings is 2. The van der Waals surface area contributed by atoms with Crippen LogP contribution in [-0.4, -0.2) is 85.3 Å². The molecule has 1 N–H and O–H groups in total. The summed E-state index contributed by atoms with van der Waals surface area (Å²) < 4.78 is 0. The lowest BCUT2D eigenvalue weighted by Crippen LogP contribution is -2.47. The SMILES string of the molecule is O=C(/C=C/c1ccccc1)N1CCNCC1.O=CN1CCN(C(=O)/C=C/c2ccccc2)CC1. The number of amides is 3. The van der Waals surface area contributed by atoms with Crippen molar-refractivity contribution in [2.75, 3.05) is 52.4 Å². The molecular weight excluding hydrogens is 428 g/mol. The van der Waals surface area contributed by atoms with E-state index in [-0.39, 0.29) is 11.8 Å². The van der Waals surface area contributed by atoms with Gasteiger partial charge in [0.25, 0.3) is 0 Å². The molecule has 0 bridgehead atoms. The van der Waals surface area contributed by atoms with E-state index in [1.807, 2.05) is 77.7 Å². The number of benzene rings is 2. The van der Waals surface area contributed by atoms with E-state index in [1.54, 1.807) is 22.0 Å². The van der Waals surface area contributed by atoms with Crippen molar-refractivity contribution in [3.05, 3.63) is 83.9 Å². The second-order valence-electron chi connectivity index (χ2n) is 8.03. The third kappa shape index (κ3) is 8.33. The van der Waals surface area contributed by atoms with Gasteiger partial charge in [-0.05, 0) is 23.3 Å². The zero-order valence-corrected chi connectivity index (χ0v) is 19.4. The molecule has 2 aromatic carbocycles. The average Bonchev–Trinajstić information content (AvgIpc) is 2.92. The van der Waals surface area contributed by atoms with Gasteiger partial charge in [-0.3, -0.25) is 14.4 Å². The van der Waals surface area contributed by atoms with Gasteiger partial charge in [-0.15, -0.1) is 0 Å². The van der Waals surface area contributed by atoms with Gasteiger partial charge in [0.05, 0.1) is 0 Å². The molecule has 2 aliphatic heterocycles. The molecule has 0 spiro atoms. The summed E-state index contributed by atoms with van der Waals surface area (Å²) >= 11 is 0. The lowest BCUT2D eigenvalue weighted by molar-refractivity contribution is -0.130. The Balaban J connectivity index is 0.000000192. The molecule has 2 aromatic rings. The van der Waals surface area contributed by atoms with Gasteiger partial charge in [0.15, 0.2) is 0 Å². The maximum Gasteiger partial charge on any atom is 0.246 e. The highest BCUT2D eigenvalue weighted by molar-refractivity contribution is 5.92. The fraction of sp³-hybridized carbons (Fsp3) is 0.296. The standard InChI is InChI=1S/C14H16N2O2.C13H16N2O/c17-12-15-8-10-16(11-9-15)14(18)7-6-13-4-2-1-3-5-13;16-13(15-10-8-14-9-11-15)7-6-12-4-2-1-3-5-12/h1-7,12H,8-11H2;1-7,14H,8-11H2/b2*7-6+. The molecule has 0 atom stereocenters. The molecule has 3 amide bonds. The maximum absolute atomic E-state index is 11.9. The summed E-state index contributed by atoms with van der Waals surface area (Å²) in [5.74, 6) is 0.106. The van der Waals surface area contributed by atoms with Crippen LogP contribution in [0.5, 0.6) is 0 Å². The van der Waals surface area contributed by atoms with Crippen LogP contribution in [0.15, 0.2) is 72.8 Å². The summed E-state index contributed by atoms with van der Waals surface area (Å²) in [6.45, 7) is 5.85. The molecule has 7 nitrogen and oxygen atoms in total. The molecule has 2 aliphatic rings. The predicted molar refractivity (Wildman–Crippen MR) is 135 cm³/mol. The first-order valence-electron chi connectivity index (χ1n) is 11.6. The van der Waals surface area contributed by atoms with E-state index in [1.165, 1.54) is 0 Å². The molecule has 7 heteroatoms. The summed E-state index contributed by atoms with van der Waals surface area (Å²) in [5.41, 5.74) is 2.07. The molecule has 0 saturated carbocycles. The van der Waals surface area contributed by atoms with Crippen molar-refractivity contribution in [2.45, 2.75) is 0 Å². The number of carbonyl (C=O) groups is 3. The van der Waals surface area contributed by atoms with Gasteiger partial charge in [-0.25, -0.2) is 0 Å². The molecule has 178 valence electrons. The third-order valence-corrected chi connectivity index (χ3v) is 5.64. The number of nitrogens with zero attached hydrogens (tertiary/aromatic N) is 3. The quantitative estimate of drug-likeness (QED) is 0.548. The largest absolute Gasteiger partial charge is 0.342 e. The first kappa shape index (κ1) is 24.9. The van der Waals surface area contributed by atoms with Gasteiger partial charge in [0.1, 0.15) is 0 Å². The van der Waals surface area contributed by atoms with Crippen LogP contribution in [0.1, 0.15) is 11.1 Å². The van der Waals surface area contributed by atoms with Crippen molar-refractivity contribution in [2.24, 2.45) is 0 Å². The minimum Gasteiger partial charge on any atom is -0.342 e. The Morgan fingerprint density at radius 1 is 0.647 bits per heavy atom. The minimum atomic E-state index is 0.00408. The number of carbonyl (C=O) groups excluding carboxylic acids is 3. The monoisotopic (exact) mass is 460 g/mol. The average molecular weight is 461 g/mol. The zero-order valence-electron chi connectivity index (χ0n) is 19.4. The number of nitrogens with one attached hydrogen (secondary N) is 1. The van der Waals surface area contributed by atoms with Gasteiger partial charge in [-0.2, -0.15) is 0 Å². The van der Waals surface area contributed by atoms with Crippen LogP contribution in [0, 0.1) is 0 Å². The molecular formula is C27H32N4O3. The first-order chi connectivity index (χ1) is 16.7. The van der Waals surface area contributed by atoms with E-state index in [0.29, 0.717) is 26.2 Å². The van der Waals surface area contributed by atoms with Gasteiger partial charge >= 0.3 is 0 Å². The molecule has 4 rings (SSSR count). The van der Waals surface area contributed by atoms with Crippen LogP contribution in [0.2, 0.25) is 0 Å². The Hall–Kier alpha value is -3.71. The Labute approximate surface area is 201 Å². The van der Waals surface area contributed by atoms with Crippen LogP contribution >= 0.6 is 0 Å². The minimum absolute atomic E-state index is 0.00408. The Kier molecular flexibility index (Phi) is 10.1. The van der Waals surface area contributed by atoms with Crippen LogP contribution in [0.3, 0.4) is 0 Å². The van der Waals surface area contributed by atoms with E-state index in [0.717, 1.165) is 43.7 Å². The van der Waals surface area contributed by atoms with Crippen LogP contribution in [0.25, 0.3) is 12.2 Å². The van der Waals surface area contributed by atoms with Crippen molar-refractivity contribution in [3.63, 3.8) is 0 Å². The van der Waals surface area contributed by atoms with Crippen molar-refractivity contribution < 1.29 is 14.4 Å². The molecule has 2 heterocycles. The van der Waals surface area contributed by atoms with E-state index in [9.17, 15) is 14.4 Å². The van der Waals surface area contributed by atoms with Crippen molar-refractivity contribution in [3.8, 4) is 0 Å². The molecule has 0 aromatic heterocycles. The summed E-state index contributed by atoms with van der Waals surface area (Å²) in [5, 5.41) is 3.23. The number of rotatable bonds is 5. The third-order valence-electron chi connectivity index (χ3n) is 5.64. The molecule has 0 aliphatic carbocycles. The van der Waals surface area contributed by atoms with E-state index in [4.69, 9.17) is 0 Å². The second-order valence-corrected chi connectivity index (χ2v) is 8.03. The summed E-state index contributed by atoms with van der Waals surface area (Å²) in [4.78, 5) is 39.6. The maximum atomic E-state index is 11.9. The van der Waals surface area contributed by atoms with Crippen molar-refractivity contribution in [1.82, 2.24) is 20.0 Å². The number of hydrogen-bond acceptors (Lipinski definition) is 4. The van der Waals surface area contributed by atoms with Gasteiger partial charge in [0, 0.05) is 64.5 Å². The Morgan fingerprint density at radius 3 is 1.53 bits per heavy atom. The smallest absolute Gasteiger partial charge is 0.246 e. The first-order valence-corrected chi connectivity index (χ1v) is 11.6. The molecule has 0 radical (unpaired) electrons. The van der Waals surface area contributed by atoms with Gasteiger partial charge in [-0.1, -0.05) is 60.7 Å². The normalized spacial score (nSPS) is 16.3. The Bertz CT molecular complexity index is 962. The van der Waals surface area contributed by atoms with Gasteiger partial charge < -0.3 is 20.0 Å². The predicted octanol–water partition coefficient (Wildman–Crippen LogP) is 2.13. The van der Waals surface area contributed by atoms with E-state index < -0.39 is 0 Å².